The number of amides is 2. The first-order valence-corrected chi connectivity index (χ1v) is 8.79. The van der Waals surface area contributed by atoms with E-state index in [4.69, 9.17) is 4.74 Å². The topological polar surface area (TPSA) is 58.6 Å². The van der Waals surface area contributed by atoms with Gasteiger partial charge in [-0.3, -0.25) is 9.59 Å². The van der Waals surface area contributed by atoms with Gasteiger partial charge >= 0.3 is 0 Å². The number of nitrogens with zero attached hydrogens (tertiary/aromatic N) is 1. The maximum Gasteiger partial charge on any atom is 0.258 e. The first-order chi connectivity index (χ1) is 12.4. The number of para-hydroxylation sites is 1. The van der Waals surface area contributed by atoms with Crippen molar-refractivity contribution in [3.8, 4) is 5.75 Å². The molecule has 26 heavy (non-hydrogen) atoms. The lowest BCUT2D eigenvalue weighted by molar-refractivity contribution is -0.123. The van der Waals surface area contributed by atoms with Crippen LogP contribution in [0.5, 0.6) is 5.75 Å². The zero-order valence-corrected chi connectivity index (χ0v) is 15.4. The van der Waals surface area contributed by atoms with E-state index in [1.165, 1.54) is 5.56 Å². The molecule has 136 valence electrons. The molecule has 1 fully saturated rings. The summed E-state index contributed by atoms with van der Waals surface area (Å²) < 4.78 is 5.57. The summed E-state index contributed by atoms with van der Waals surface area (Å²) in [6.07, 6.45) is 0.309. The third-order valence-electron chi connectivity index (χ3n) is 4.74. The van der Waals surface area contributed by atoms with Gasteiger partial charge in [0.25, 0.3) is 5.91 Å². The smallest absolute Gasteiger partial charge is 0.258 e. The highest BCUT2D eigenvalue weighted by molar-refractivity contribution is 5.97. The summed E-state index contributed by atoms with van der Waals surface area (Å²) in [6, 6.07) is 13.3. The Kier molecular flexibility index (Phi) is 5.26. The molecule has 5 nitrogen and oxygen atoms in total. The predicted octanol–water partition coefficient (Wildman–Crippen LogP) is 2.91. The summed E-state index contributed by atoms with van der Waals surface area (Å²) >= 11 is 0. The number of carbonyl (C=O) groups is 2. The SMILES string of the molecule is Cc1ccc(N2CC(NC(=O)COc3ccccc3C)CC2=O)cc1C. The van der Waals surface area contributed by atoms with Gasteiger partial charge in [-0.1, -0.05) is 24.3 Å². The fraction of sp³-hybridized carbons (Fsp3) is 0.333. The van der Waals surface area contributed by atoms with Crippen molar-refractivity contribution in [2.75, 3.05) is 18.1 Å². The summed E-state index contributed by atoms with van der Waals surface area (Å²) in [5.41, 5.74) is 4.20. The van der Waals surface area contributed by atoms with Gasteiger partial charge in [0.2, 0.25) is 5.91 Å². The van der Waals surface area contributed by atoms with E-state index in [0.717, 1.165) is 16.8 Å². The molecular weight excluding hydrogens is 328 g/mol. The Hall–Kier alpha value is -2.82. The molecule has 2 aromatic rings. The molecule has 1 atom stereocenters. The van der Waals surface area contributed by atoms with Gasteiger partial charge in [0.1, 0.15) is 5.75 Å². The van der Waals surface area contributed by atoms with Crippen LogP contribution in [0.15, 0.2) is 42.5 Å². The second-order valence-electron chi connectivity index (χ2n) is 6.80. The van der Waals surface area contributed by atoms with E-state index in [1.807, 2.05) is 63.2 Å². The number of carbonyl (C=O) groups excluding carboxylic acids is 2. The molecule has 0 saturated carbocycles. The van der Waals surface area contributed by atoms with Crippen LogP contribution in [-0.4, -0.2) is 31.0 Å². The van der Waals surface area contributed by atoms with Crippen LogP contribution in [0.25, 0.3) is 0 Å². The fourth-order valence-corrected chi connectivity index (χ4v) is 3.08. The zero-order chi connectivity index (χ0) is 18.7. The van der Waals surface area contributed by atoms with Crippen LogP contribution in [0.4, 0.5) is 5.69 Å². The summed E-state index contributed by atoms with van der Waals surface area (Å²) in [5, 5.41) is 2.90. The van der Waals surface area contributed by atoms with Gasteiger partial charge in [0.05, 0.1) is 6.04 Å². The molecule has 0 aromatic heterocycles. The Bertz CT molecular complexity index is 832. The van der Waals surface area contributed by atoms with Gasteiger partial charge in [-0.05, 0) is 55.7 Å². The highest BCUT2D eigenvalue weighted by atomic mass is 16.5. The zero-order valence-electron chi connectivity index (χ0n) is 15.4. The molecule has 3 rings (SSSR count). The highest BCUT2D eigenvalue weighted by Crippen LogP contribution is 2.24. The van der Waals surface area contributed by atoms with Crippen molar-refractivity contribution < 1.29 is 14.3 Å². The second kappa shape index (κ2) is 7.60. The van der Waals surface area contributed by atoms with Crippen LogP contribution in [0.2, 0.25) is 0 Å². The summed E-state index contributed by atoms with van der Waals surface area (Å²) in [7, 11) is 0. The Balaban J connectivity index is 1.56. The van der Waals surface area contributed by atoms with Crippen LogP contribution in [0.3, 0.4) is 0 Å². The average Bonchev–Trinajstić information content (AvgIpc) is 2.97. The number of benzene rings is 2. The van der Waals surface area contributed by atoms with Crippen LogP contribution >= 0.6 is 0 Å². The molecule has 1 unspecified atom stereocenters. The van der Waals surface area contributed by atoms with Crippen molar-refractivity contribution in [3.63, 3.8) is 0 Å². The largest absolute Gasteiger partial charge is 0.484 e. The van der Waals surface area contributed by atoms with Crippen molar-refractivity contribution in [1.82, 2.24) is 5.32 Å². The molecule has 5 heteroatoms. The van der Waals surface area contributed by atoms with Crippen LogP contribution < -0.4 is 15.0 Å². The van der Waals surface area contributed by atoms with Gasteiger partial charge in [0, 0.05) is 18.7 Å². The van der Waals surface area contributed by atoms with Gasteiger partial charge in [-0.15, -0.1) is 0 Å². The minimum atomic E-state index is -0.215. The van der Waals surface area contributed by atoms with Crippen molar-refractivity contribution in [1.29, 1.82) is 0 Å². The van der Waals surface area contributed by atoms with E-state index in [-0.39, 0.29) is 24.5 Å². The average molecular weight is 352 g/mol. The maximum atomic E-state index is 12.3. The van der Waals surface area contributed by atoms with Gasteiger partial charge < -0.3 is 15.0 Å². The first kappa shape index (κ1) is 18.0. The number of nitrogens with one attached hydrogen (secondary N) is 1. The van der Waals surface area contributed by atoms with Crippen molar-refractivity contribution in [2.45, 2.75) is 33.2 Å². The second-order valence-corrected chi connectivity index (χ2v) is 6.80. The molecule has 0 spiro atoms. The third-order valence-corrected chi connectivity index (χ3v) is 4.74. The Labute approximate surface area is 154 Å². The number of anilines is 1. The number of hydrogen-bond acceptors (Lipinski definition) is 3. The molecule has 2 amide bonds. The maximum absolute atomic E-state index is 12.3. The van der Waals surface area contributed by atoms with Gasteiger partial charge in [0.15, 0.2) is 6.61 Å². The predicted molar refractivity (Wildman–Crippen MR) is 101 cm³/mol. The molecule has 0 aliphatic carbocycles. The quantitative estimate of drug-likeness (QED) is 0.900. The number of aryl methyl sites for hydroxylation is 3. The lowest BCUT2D eigenvalue weighted by Gasteiger charge is -2.18. The normalized spacial score (nSPS) is 16.7. The molecule has 1 heterocycles. The third kappa shape index (κ3) is 4.04. The molecule has 0 bridgehead atoms. The summed E-state index contributed by atoms with van der Waals surface area (Å²) in [6.45, 7) is 6.44. The number of hydrogen-bond donors (Lipinski definition) is 1. The number of rotatable bonds is 5. The first-order valence-electron chi connectivity index (χ1n) is 8.79. The van der Waals surface area contributed by atoms with E-state index in [0.29, 0.717) is 18.7 Å². The minimum Gasteiger partial charge on any atom is -0.484 e. The molecule has 0 radical (unpaired) electrons. The minimum absolute atomic E-state index is 0.0263. The van der Waals surface area contributed by atoms with Crippen LogP contribution in [0, 0.1) is 20.8 Å². The highest BCUT2D eigenvalue weighted by Gasteiger charge is 2.31. The van der Waals surface area contributed by atoms with Crippen molar-refractivity contribution in [3.05, 3.63) is 59.2 Å². The Morgan fingerprint density at radius 1 is 1.12 bits per heavy atom. The lowest BCUT2D eigenvalue weighted by atomic mass is 10.1. The standard InChI is InChI=1S/C21H24N2O3/c1-14-8-9-18(10-16(14)3)23-12-17(11-21(23)25)22-20(24)13-26-19-7-5-4-6-15(19)2/h4-10,17H,11-13H2,1-3H3,(H,22,24). The molecule has 1 saturated heterocycles. The van der Waals surface area contributed by atoms with E-state index < -0.39 is 0 Å². The van der Waals surface area contributed by atoms with Crippen molar-refractivity contribution >= 4 is 17.5 Å². The number of ether oxygens (including phenoxy) is 1. The van der Waals surface area contributed by atoms with Crippen molar-refractivity contribution in [2.24, 2.45) is 0 Å². The van der Waals surface area contributed by atoms with Crippen LogP contribution in [0.1, 0.15) is 23.1 Å². The van der Waals surface area contributed by atoms with Crippen LogP contribution in [-0.2, 0) is 9.59 Å². The Morgan fingerprint density at radius 2 is 1.88 bits per heavy atom. The van der Waals surface area contributed by atoms with E-state index in [2.05, 4.69) is 5.32 Å². The monoisotopic (exact) mass is 352 g/mol. The molecule has 1 N–H and O–H groups in total. The van der Waals surface area contributed by atoms with E-state index in [1.54, 1.807) is 4.90 Å². The van der Waals surface area contributed by atoms with Gasteiger partial charge in [-0.2, -0.15) is 0 Å². The summed E-state index contributed by atoms with van der Waals surface area (Å²) in [4.78, 5) is 26.2. The van der Waals surface area contributed by atoms with Gasteiger partial charge in [-0.25, -0.2) is 0 Å². The van der Waals surface area contributed by atoms with E-state index in [9.17, 15) is 9.59 Å². The van der Waals surface area contributed by atoms with E-state index >= 15 is 0 Å². The fourth-order valence-electron chi connectivity index (χ4n) is 3.08. The molecule has 1 aliphatic rings. The lowest BCUT2D eigenvalue weighted by Crippen LogP contribution is -2.39. The molecular formula is C21H24N2O3. The molecule has 1 aliphatic heterocycles. The summed E-state index contributed by atoms with van der Waals surface area (Å²) in [5.74, 6) is 0.508. The molecule has 2 aromatic carbocycles. The Morgan fingerprint density at radius 3 is 2.62 bits per heavy atom.